The molecule has 1 aromatic carbocycles. The van der Waals surface area contributed by atoms with Crippen LogP contribution < -0.4 is 5.73 Å². The van der Waals surface area contributed by atoms with Gasteiger partial charge in [0.15, 0.2) is 0 Å². The third kappa shape index (κ3) is 3.06. The number of likely N-dealkylation sites (tertiary alicyclic amines) is 1. The molecular formula is C14H19N3. The van der Waals surface area contributed by atoms with E-state index in [1.807, 2.05) is 24.3 Å². The lowest BCUT2D eigenvalue weighted by molar-refractivity contribution is 0.158. The Balaban J connectivity index is 1.94. The molecule has 3 heteroatoms. The van der Waals surface area contributed by atoms with E-state index in [9.17, 15) is 0 Å². The molecule has 1 aromatic rings. The van der Waals surface area contributed by atoms with Crippen LogP contribution >= 0.6 is 0 Å². The molecule has 1 aliphatic heterocycles. The molecule has 0 bridgehead atoms. The number of hydrogen-bond acceptors (Lipinski definition) is 3. The van der Waals surface area contributed by atoms with Gasteiger partial charge >= 0.3 is 0 Å². The maximum Gasteiger partial charge on any atom is 0.0991 e. The van der Waals surface area contributed by atoms with Gasteiger partial charge in [-0.3, -0.25) is 4.90 Å². The molecule has 2 N–H and O–H groups in total. The van der Waals surface area contributed by atoms with Crippen molar-refractivity contribution in [1.82, 2.24) is 4.90 Å². The molecular weight excluding hydrogens is 210 g/mol. The van der Waals surface area contributed by atoms with Crippen LogP contribution in [-0.4, -0.2) is 24.0 Å². The maximum atomic E-state index is 8.74. The number of nitrogens with two attached hydrogens (primary N) is 1. The molecule has 0 amide bonds. The van der Waals surface area contributed by atoms with Gasteiger partial charge < -0.3 is 5.73 Å². The summed E-state index contributed by atoms with van der Waals surface area (Å²) in [5, 5.41) is 8.74. The second-order valence-electron chi connectivity index (χ2n) is 4.97. The molecule has 2 atom stereocenters. The van der Waals surface area contributed by atoms with Gasteiger partial charge in [0.25, 0.3) is 0 Å². The van der Waals surface area contributed by atoms with E-state index in [-0.39, 0.29) is 0 Å². The fourth-order valence-electron chi connectivity index (χ4n) is 2.34. The van der Waals surface area contributed by atoms with Gasteiger partial charge in [0.05, 0.1) is 11.6 Å². The standard InChI is InChI=1S/C14H19N3/c1-11-9-17(7-6-14(11)16)10-13-4-2-12(8-15)3-5-13/h2-5,11,14H,6-7,9-10,16H2,1H3. The fourth-order valence-corrected chi connectivity index (χ4v) is 2.34. The molecule has 2 unspecified atom stereocenters. The largest absolute Gasteiger partial charge is 0.327 e. The van der Waals surface area contributed by atoms with Crippen LogP contribution in [0.3, 0.4) is 0 Å². The Morgan fingerprint density at radius 1 is 1.41 bits per heavy atom. The summed E-state index contributed by atoms with van der Waals surface area (Å²) in [5.74, 6) is 0.571. The molecule has 1 fully saturated rings. The Labute approximate surface area is 103 Å². The highest BCUT2D eigenvalue weighted by Crippen LogP contribution is 2.17. The molecule has 1 aliphatic rings. The highest BCUT2D eigenvalue weighted by atomic mass is 15.1. The summed E-state index contributed by atoms with van der Waals surface area (Å²) in [6.07, 6.45) is 1.08. The first-order valence-electron chi connectivity index (χ1n) is 6.16. The van der Waals surface area contributed by atoms with Crippen molar-refractivity contribution >= 4 is 0 Å². The minimum Gasteiger partial charge on any atom is -0.327 e. The zero-order valence-electron chi connectivity index (χ0n) is 10.3. The number of benzene rings is 1. The fraction of sp³-hybridized carbons (Fsp3) is 0.500. The Morgan fingerprint density at radius 2 is 2.12 bits per heavy atom. The van der Waals surface area contributed by atoms with E-state index in [2.05, 4.69) is 17.9 Å². The Hall–Kier alpha value is -1.37. The van der Waals surface area contributed by atoms with Crippen molar-refractivity contribution in [2.75, 3.05) is 13.1 Å². The van der Waals surface area contributed by atoms with Crippen molar-refractivity contribution in [2.24, 2.45) is 11.7 Å². The van der Waals surface area contributed by atoms with E-state index in [1.54, 1.807) is 0 Å². The minimum absolute atomic E-state index is 0.354. The summed E-state index contributed by atoms with van der Waals surface area (Å²) in [6, 6.07) is 10.3. The van der Waals surface area contributed by atoms with Crippen LogP contribution in [0.1, 0.15) is 24.5 Å². The SMILES string of the molecule is CC1CN(Cc2ccc(C#N)cc2)CCC1N. The Morgan fingerprint density at radius 3 is 2.71 bits per heavy atom. The van der Waals surface area contributed by atoms with Crippen molar-refractivity contribution in [2.45, 2.75) is 25.9 Å². The van der Waals surface area contributed by atoms with Gasteiger partial charge in [0.1, 0.15) is 0 Å². The highest BCUT2D eigenvalue weighted by Gasteiger charge is 2.22. The predicted molar refractivity (Wildman–Crippen MR) is 68.2 cm³/mol. The smallest absolute Gasteiger partial charge is 0.0991 e. The average molecular weight is 229 g/mol. The molecule has 17 heavy (non-hydrogen) atoms. The average Bonchev–Trinajstić information content (AvgIpc) is 2.35. The minimum atomic E-state index is 0.354. The topological polar surface area (TPSA) is 53.0 Å². The molecule has 3 nitrogen and oxygen atoms in total. The van der Waals surface area contributed by atoms with Crippen molar-refractivity contribution in [1.29, 1.82) is 5.26 Å². The third-order valence-electron chi connectivity index (χ3n) is 3.54. The lowest BCUT2D eigenvalue weighted by Gasteiger charge is -2.35. The summed E-state index contributed by atoms with van der Waals surface area (Å²) in [7, 11) is 0. The van der Waals surface area contributed by atoms with Crippen LogP contribution in [0.2, 0.25) is 0 Å². The first kappa shape index (κ1) is 12.1. The van der Waals surface area contributed by atoms with Gasteiger partial charge in [-0.25, -0.2) is 0 Å². The summed E-state index contributed by atoms with van der Waals surface area (Å²) in [4.78, 5) is 2.44. The molecule has 1 saturated heterocycles. The Kier molecular flexibility index (Phi) is 3.78. The summed E-state index contributed by atoms with van der Waals surface area (Å²) in [6.45, 7) is 5.32. The molecule has 0 radical (unpaired) electrons. The van der Waals surface area contributed by atoms with Gasteiger partial charge in [0, 0.05) is 19.1 Å². The van der Waals surface area contributed by atoms with Gasteiger partial charge in [-0.1, -0.05) is 19.1 Å². The van der Waals surface area contributed by atoms with Crippen LogP contribution in [0.4, 0.5) is 0 Å². The van der Waals surface area contributed by atoms with E-state index in [1.165, 1.54) is 5.56 Å². The number of hydrogen-bond donors (Lipinski definition) is 1. The summed E-state index contributed by atoms with van der Waals surface area (Å²) < 4.78 is 0. The van der Waals surface area contributed by atoms with Crippen LogP contribution in [0.25, 0.3) is 0 Å². The zero-order valence-corrected chi connectivity index (χ0v) is 10.3. The lowest BCUT2D eigenvalue weighted by Crippen LogP contribution is -2.45. The number of rotatable bonds is 2. The van der Waals surface area contributed by atoms with Crippen LogP contribution in [-0.2, 0) is 6.54 Å². The maximum absolute atomic E-state index is 8.74. The van der Waals surface area contributed by atoms with Crippen molar-refractivity contribution in [3.05, 3.63) is 35.4 Å². The molecule has 1 heterocycles. The van der Waals surface area contributed by atoms with Gasteiger partial charge in [0.2, 0.25) is 0 Å². The van der Waals surface area contributed by atoms with Crippen molar-refractivity contribution in [3.63, 3.8) is 0 Å². The molecule has 0 aromatic heterocycles. The monoisotopic (exact) mass is 229 g/mol. The highest BCUT2D eigenvalue weighted by molar-refractivity contribution is 5.31. The van der Waals surface area contributed by atoms with Crippen LogP contribution in [0.5, 0.6) is 0 Å². The first-order valence-corrected chi connectivity index (χ1v) is 6.16. The van der Waals surface area contributed by atoms with E-state index in [4.69, 9.17) is 11.0 Å². The summed E-state index contributed by atoms with van der Waals surface area (Å²) in [5.41, 5.74) is 8.00. The predicted octanol–water partition coefficient (Wildman–Crippen LogP) is 1.73. The first-order chi connectivity index (χ1) is 8.19. The van der Waals surface area contributed by atoms with E-state index >= 15 is 0 Å². The molecule has 0 saturated carbocycles. The van der Waals surface area contributed by atoms with E-state index in [0.29, 0.717) is 12.0 Å². The van der Waals surface area contributed by atoms with Crippen LogP contribution in [0, 0.1) is 17.2 Å². The van der Waals surface area contributed by atoms with Crippen molar-refractivity contribution < 1.29 is 0 Å². The molecule has 0 spiro atoms. The van der Waals surface area contributed by atoms with Gasteiger partial charge in [-0.15, -0.1) is 0 Å². The van der Waals surface area contributed by atoms with E-state index in [0.717, 1.165) is 31.6 Å². The van der Waals surface area contributed by atoms with Gasteiger partial charge in [-0.2, -0.15) is 5.26 Å². The third-order valence-corrected chi connectivity index (χ3v) is 3.54. The van der Waals surface area contributed by atoms with Gasteiger partial charge in [-0.05, 0) is 36.6 Å². The second-order valence-corrected chi connectivity index (χ2v) is 4.97. The molecule has 2 rings (SSSR count). The zero-order chi connectivity index (χ0) is 12.3. The lowest BCUT2D eigenvalue weighted by atomic mass is 9.94. The Bertz CT molecular complexity index is 404. The van der Waals surface area contributed by atoms with Crippen molar-refractivity contribution in [3.8, 4) is 6.07 Å². The number of nitriles is 1. The quantitative estimate of drug-likeness (QED) is 0.840. The summed E-state index contributed by atoms with van der Waals surface area (Å²) >= 11 is 0. The van der Waals surface area contributed by atoms with Crippen LogP contribution in [0.15, 0.2) is 24.3 Å². The van der Waals surface area contributed by atoms with E-state index < -0.39 is 0 Å². The number of nitrogens with zero attached hydrogens (tertiary/aromatic N) is 2. The molecule has 0 aliphatic carbocycles. The number of piperidine rings is 1. The normalized spacial score (nSPS) is 25.5. The molecule has 90 valence electrons. The second kappa shape index (κ2) is 5.31.